The number of aromatic hydroxyl groups is 4. The van der Waals surface area contributed by atoms with Crippen molar-refractivity contribution in [2.45, 2.75) is 62.4 Å². The number of phenols is 4. The number of fused-ring (bicyclic) bond motifs is 1. The zero-order valence-corrected chi connectivity index (χ0v) is 22.1. The van der Waals surface area contributed by atoms with Crippen molar-refractivity contribution in [3.05, 3.63) is 40.6 Å². The molecule has 42 heavy (non-hydrogen) atoms. The molecule has 3 aromatic rings. The van der Waals surface area contributed by atoms with E-state index in [0.29, 0.717) is 0 Å². The van der Waals surface area contributed by atoms with Gasteiger partial charge in [0.1, 0.15) is 59.1 Å². The summed E-state index contributed by atoms with van der Waals surface area (Å²) < 4.78 is 22.2. The summed E-state index contributed by atoms with van der Waals surface area (Å²) in [5.41, 5.74) is -1.31. The van der Waals surface area contributed by atoms with E-state index in [1.54, 1.807) is 6.92 Å². The van der Waals surface area contributed by atoms with Crippen molar-refractivity contribution in [2.75, 3.05) is 13.2 Å². The highest BCUT2D eigenvalue weighted by Gasteiger charge is 2.46. The van der Waals surface area contributed by atoms with Crippen molar-refractivity contribution in [3.63, 3.8) is 0 Å². The molecule has 15 heteroatoms. The summed E-state index contributed by atoms with van der Waals surface area (Å²) in [5.74, 6) is -3.26. The minimum Gasteiger partial charge on any atom is -0.508 e. The summed E-state index contributed by atoms with van der Waals surface area (Å²) in [5, 5.41) is 101. The predicted octanol–water partition coefficient (Wildman–Crippen LogP) is -1.02. The predicted molar refractivity (Wildman–Crippen MR) is 141 cm³/mol. The smallest absolute Gasteiger partial charge is 0.239 e. The maximum Gasteiger partial charge on any atom is 0.239 e. The zero-order chi connectivity index (χ0) is 30.9. The van der Waals surface area contributed by atoms with Crippen LogP contribution in [0, 0.1) is 0 Å². The summed E-state index contributed by atoms with van der Waals surface area (Å²) in [4.78, 5) is 13.5. The summed E-state index contributed by atoms with van der Waals surface area (Å²) >= 11 is 0. The Labute approximate surface area is 237 Å². The quantitative estimate of drug-likeness (QED) is 0.126. The van der Waals surface area contributed by atoms with Crippen LogP contribution in [0.15, 0.2) is 39.5 Å². The van der Waals surface area contributed by atoms with Crippen LogP contribution in [0.4, 0.5) is 0 Å². The Balaban J connectivity index is 1.66. The highest BCUT2D eigenvalue weighted by atomic mass is 16.7. The van der Waals surface area contributed by atoms with Crippen molar-refractivity contribution >= 4 is 11.0 Å². The molecule has 0 aliphatic carbocycles. The van der Waals surface area contributed by atoms with Gasteiger partial charge in [0.05, 0.1) is 19.3 Å². The highest BCUT2D eigenvalue weighted by molar-refractivity contribution is 5.88. The van der Waals surface area contributed by atoms with Gasteiger partial charge in [0, 0.05) is 17.7 Å². The average molecular weight is 597 g/mol. The van der Waals surface area contributed by atoms with Crippen molar-refractivity contribution in [1.29, 1.82) is 0 Å². The molecule has 230 valence electrons. The first-order valence-corrected chi connectivity index (χ1v) is 12.9. The van der Waals surface area contributed by atoms with E-state index in [4.69, 9.17) is 18.6 Å². The largest absolute Gasteiger partial charge is 0.508 e. The molecule has 0 amide bonds. The third-order valence-electron chi connectivity index (χ3n) is 6.84. The number of hydrogen-bond donors (Lipinski definition) is 10. The molecule has 0 radical (unpaired) electrons. The molecule has 2 aromatic carbocycles. The molecule has 2 heterocycles. The normalized spacial score (nSPS) is 24.8. The molecule has 1 aliphatic rings. The Morgan fingerprint density at radius 2 is 1.60 bits per heavy atom. The molecular weight excluding hydrogens is 564 g/mol. The van der Waals surface area contributed by atoms with Crippen LogP contribution in [0.2, 0.25) is 0 Å². The standard InChI is InChI=1S/C27H32O15/c1-2-12(29)20(34)16(33)8-39-9-18-21(35)23(37)24(38)27(41-18)42-26-22(36)19-15(32)6-11(28)7-17(19)40-25(26)10-3-4-13(30)14(31)5-10/h3-7,12,16,18,20-21,23-24,27-35,37-38H,2,8-9H2,1H3/t12-,16-,18+,20-,21+,23+,24+,27-/m0/s1. The van der Waals surface area contributed by atoms with Crippen LogP contribution in [0.25, 0.3) is 22.3 Å². The van der Waals surface area contributed by atoms with Gasteiger partial charge in [0.15, 0.2) is 17.3 Å². The molecule has 1 aromatic heterocycles. The Morgan fingerprint density at radius 1 is 0.881 bits per heavy atom. The molecule has 10 N–H and O–H groups in total. The minimum absolute atomic E-state index is 0.0188. The molecule has 0 unspecified atom stereocenters. The number of phenolic OH excluding ortho intramolecular Hbond substituents is 4. The molecule has 1 fully saturated rings. The minimum atomic E-state index is -1.94. The van der Waals surface area contributed by atoms with Crippen molar-refractivity contribution in [3.8, 4) is 40.1 Å². The fraction of sp³-hybridized carbons (Fsp3) is 0.444. The van der Waals surface area contributed by atoms with E-state index < -0.39 is 102 Å². The summed E-state index contributed by atoms with van der Waals surface area (Å²) in [6.07, 6.45) is -12.8. The number of aliphatic hydroxyl groups is 6. The lowest BCUT2D eigenvalue weighted by Gasteiger charge is -2.40. The number of benzene rings is 2. The third-order valence-corrected chi connectivity index (χ3v) is 6.84. The van der Waals surface area contributed by atoms with Crippen LogP contribution in [0.5, 0.6) is 28.7 Å². The first kappa shape index (κ1) is 31.3. The number of aliphatic hydroxyl groups excluding tert-OH is 6. The third kappa shape index (κ3) is 6.23. The van der Waals surface area contributed by atoms with Gasteiger partial charge in [-0.1, -0.05) is 6.92 Å². The summed E-state index contributed by atoms with van der Waals surface area (Å²) in [6.45, 7) is 0.601. The number of hydrogen-bond acceptors (Lipinski definition) is 15. The molecule has 1 saturated heterocycles. The topological polar surface area (TPSA) is 260 Å². The molecule has 0 spiro atoms. The van der Waals surface area contributed by atoms with E-state index in [1.165, 1.54) is 6.07 Å². The summed E-state index contributed by atoms with van der Waals surface area (Å²) in [6, 6.07) is 5.27. The Kier molecular flexibility index (Phi) is 9.44. The Hall–Kier alpha value is -3.67. The Bertz CT molecular complexity index is 1460. The number of ether oxygens (including phenoxy) is 3. The van der Waals surface area contributed by atoms with Crippen LogP contribution in [0.3, 0.4) is 0 Å². The van der Waals surface area contributed by atoms with Gasteiger partial charge in [-0.05, 0) is 24.6 Å². The fourth-order valence-corrected chi connectivity index (χ4v) is 4.40. The van der Waals surface area contributed by atoms with Gasteiger partial charge < -0.3 is 69.7 Å². The Morgan fingerprint density at radius 3 is 2.26 bits per heavy atom. The van der Waals surface area contributed by atoms with E-state index >= 15 is 0 Å². The fourth-order valence-electron chi connectivity index (χ4n) is 4.40. The van der Waals surface area contributed by atoms with E-state index in [1.807, 2.05) is 0 Å². The van der Waals surface area contributed by atoms with E-state index in [2.05, 4.69) is 0 Å². The van der Waals surface area contributed by atoms with E-state index in [0.717, 1.165) is 24.3 Å². The lowest BCUT2D eigenvalue weighted by Crippen LogP contribution is -2.60. The van der Waals surface area contributed by atoms with Crippen LogP contribution >= 0.6 is 0 Å². The van der Waals surface area contributed by atoms with E-state index in [-0.39, 0.29) is 23.3 Å². The lowest BCUT2D eigenvalue weighted by molar-refractivity contribution is -0.281. The molecule has 0 saturated carbocycles. The van der Waals surface area contributed by atoms with Crippen molar-refractivity contribution in [1.82, 2.24) is 0 Å². The first-order valence-electron chi connectivity index (χ1n) is 12.9. The van der Waals surface area contributed by atoms with Crippen LogP contribution in [-0.2, 0) is 9.47 Å². The molecule has 0 bridgehead atoms. The second-order valence-corrected chi connectivity index (χ2v) is 9.83. The highest BCUT2D eigenvalue weighted by Crippen LogP contribution is 2.39. The van der Waals surface area contributed by atoms with Crippen molar-refractivity contribution in [2.24, 2.45) is 0 Å². The SMILES string of the molecule is CC[C@H](O)[C@H](O)[C@@H](O)COC[C@H]1O[C@@H](Oc2c(-c3ccc(O)c(O)c3)oc3cc(O)cc(O)c3c2=O)[C@H](O)[C@H](O)[C@@H]1O. The van der Waals surface area contributed by atoms with Gasteiger partial charge in [-0.15, -0.1) is 0 Å². The van der Waals surface area contributed by atoms with Gasteiger partial charge in [-0.25, -0.2) is 0 Å². The van der Waals surface area contributed by atoms with Gasteiger partial charge >= 0.3 is 0 Å². The maximum atomic E-state index is 13.5. The second-order valence-electron chi connectivity index (χ2n) is 9.83. The molecule has 4 rings (SSSR count). The molecular formula is C27H32O15. The maximum absolute atomic E-state index is 13.5. The lowest BCUT2D eigenvalue weighted by atomic mass is 9.99. The second kappa shape index (κ2) is 12.7. The monoisotopic (exact) mass is 596 g/mol. The average Bonchev–Trinajstić information content (AvgIpc) is 2.95. The van der Waals surface area contributed by atoms with Crippen molar-refractivity contribution < 1.29 is 69.7 Å². The van der Waals surface area contributed by atoms with Crippen LogP contribution in [0.1, 0.15) is 13.3 Å². The van der Waals surface area contributed by atoms with E-state index in [9.17, 15) is 55.9 Å². The molecule has 1 aliphatic heterocycles. The first-order chi connectivity index (χ1) is 19.8. The van der Waals surface area contributed by atoms with Gasteiger partial charge in [-0.2, -0.15) is 0 Å². The molecule has 8 atom stereocenters. The van der Waals surface area contributed by atoms with Gasteiger partial charge in [-0.3, -0.25) is 4.79 Å². The van der Waals surface area contributed by atoms with Gasteiger partial charge in [0.25, 0.3) is 0 Å². The van der Waals surface area contributed by atoms with Gasteiger partial charge in [0.2, 0.25) is 17.5 Å². The van der Waals surface area contributed by atoms with Crippen LogP contribution < -0.4 is 10.2 Å². The number of rotatable bonds is 10. The summed E-state index contributed by atoms with van der Waals surface area (Å²) in [7, 11) is 0. The zero-order valence-electron chi connectivity index (χ0n) is 22.1. The van der Waals surface area contributed by atoms with Crippen LogP contribution in [-0.4, -0.2) is 113 Å². The molecule has 15 nitrogen and oxygen atoms in total.